The summed E-state index contributed by atoms with van der Waals surface area (Å²) in [6.07, 6.45) is 0. The molecule has 26 heavy (non-hydrogen) atoms. The number of hydrogen-bond acceptors (Lipinski definition) is 2. The Morgan fingerprint density at radius 3 is 2.08 bits per heavy atom. The van der Waals surface area contributed by atoms with Crippen molar-refractivity contribution in [3.8, 4) is 0 Å². The molecule has 136 valence electrons. The zero-order chi connectivity index (χ0) is 18.8. The molecule has 0 aromatic heterocycles. The van der Waals surface area contributed by atoms with Crippen molar-refractivity contribution in [1.82, 2.24) is 9.80 Å². The molecule has 1 saturated heterocycles. The third-order valence-corrected chi connectivity index (χ3v) is 4.43. The van der Waals surface area contributed by atoms with Crippen LogP contribution in [-0.2, 0) is 0 Å². The molecule has 2 aromatic carbocycles. The molecule has 0 spiro atoms. The van der Waals surface area contributed by atoms with Crippen molar-refractivity contribution in [2.24, 2.45) is 0 Å². The average Bonchev–Trinajstić information content (AvgIpc) is 2.65. The smallest absolute Gasteiger partial charge is 0.257 e. The number of amides is 2. The summed E-state index contributed by atoms with van der Waals surface area (Å²) in [5.74, 6) is -5.50. The highest BCUT2D eigenvalue weighted by molar-refractivity contribution is 6.30. The van der Waals surface area contributed by atoms with Crippen LogP contribution >= 0.6 is 11.6 Å². The van der Waals surface area contributed by atoms with Gasteiger partial charge in [-0.25, -0.2) is 13.2 Å². The van der Waals surface area contributed by atoms with Crippen LogP contribution in [0.1, 0.15) is 20.7 Å². The standard InChI is InChI=1S/C18H14ClF3N2O2/c19-12-3-1-2-11(10-12)17(25)23-6-8-24(9-7-23)18(26)13-4-5-14(20)16(22)15(13)21/h1-5,10H,6-9H2. The van der Waals surface area contributed by atoms with E-state index >= 15 is 0 Å². The number of benzene rings is 2. The third-order valence-electron chi connectivity index (χ3n) is 4.19. The molecule has 0 saturated carbocycles. The molecule has 4 nitrogen and oxygen atoms in total. The minimum Gasteiger partial charge on any atom is -0.335 e. The van der Waals surface area contributed by atoms with Gasteiger partial charge in [-0.3, -0.25) is 9.59 Å². The van der Waals surface area contributed by atoms with E-state index in [2.05, 4.69) is 0 Å². The molecular weight excluding hydrogens is 369 g/mol. The van der Waals surface area contributed by atoms with E-state index in [0.29, 0.717) is 16.7 Å². The molecule has 0 N–H and O–H groups in total. The Bertz CT molecular complexity index is 868. The van der Waals surface area contributed by atoms with E-state index in [4.69, 9.17) is 11.6 Å². The van der Waals surface area contributed by atoms with Gasteiger partial charge in [-0.05, 0) is 30.3 Å². The molecule has 1 aliphatic rings. The number of carbonyl (C=O) groups excluding carboxylic acids is 2. The van der Waals surface area contributed by atoms with E-state index in [1.54, 1.807) is 29.2 Å². The second-order valence-electron chi connectivity index (χ2n) is 5.82. The van der Waals surface area contributed by atoms with Gasteiger partial charge in [-0.1, -0.05) is 17.7 Å². The number of hydrogen-bond donors (Lipinski definition) is 0. The van der Waals surface area contributed by atoms with Crippen LogP contribution in [0.2, 0.25) is 5.02 Å². The molecule has 0 aliphatic carbocycles. The van der Waals surface area contributed by atoms with Crippen molar-refractivity contribution >= 4 is 23.4 Å². The molecule has 2 amide bonds. The first-order chi connectivity index (χ1) is 12.4. The van der Waals surface area contributed by atoms with Crippen molar-refractivity contribution in [1.29, 1.82) is 0 Å². The summed E-state index contributed by atoms with van der Waals surface area (Å²) in [5, 5.41) is 0.443. The summed E-state index contributed by atoms with van der Waals surface area (Å²) >= 11 is 5.88. The van der Waals surface area contributed by atoms with Crippen molar-refractivity contribution in [2.75, 3.05) is 26.2 Å². The summed E-state index contributed by atoms with van der Waals surface area (Å²) in [6.45, 7) is 0.790. The summed E-state index contributed by atoms with van der Waals surface area (Å²) in [6, 6.07) is 8.15. The van der Waals surface area contributed by atoms with Gasteiger partial charge in [0.1, 0.15) is 0 Å². The van der Waals surface area contributed by atoms with Crippen molar-refractivity contribution in [3.05, 3.63) is 70.0 Å². The van der Waals surface area contributed by atoms with Gasteiger partial charge >= 0.3 is 0 Å². The van der Waals surface area contributed by atoms with E-state index in [0.717, 1.165) is 6.07 Å². The van der Waals surface area contributed by atoms with Gasteiger partial charge in [0, 0.05) is 36.8 Å². The lowest BCUT2D eigenvalue weighted by molar-refractivity contribution is 0.0532. The van der Waals surface area contributed by atoms with Crippen LogP contribution in [0, 0.1) is 17.5 Å². The zero-order valence-electron chi connectivity index (χ0n) is 13.5. The molecule has 1 fully saturated rings. The first-order valence-electron chi connectivity index (χ1n) is 7.86. The lowest BCUT2D eigenvalue weighted by Gasteiger charge is -2.35. The maximum Gasteiger partial charge on any atom is 0.257 e. The van der Waals surface area contributed by atoms with Crippen LogP contribution in [0.3, 0.4) is 0 Å². The van der Waals surface area contributed by atoms with E-state index in [1.807, 2.05) is 0 Å². The molecule has 2 aromatic rings. The fourth-order valence-electron chi connectivity index (χ4n) is 2.78. The topological polar surface area (TPSA) is 40.6 Å². The summed E-state index contributed by atoms with van der Waals surface area (Å²) in [5.41, 5.74) is -0.0950. The SMILES string of the molecule is O=C(c1cccc(Cl)c1)N1CCN(C(=O)c2ccc(F)c(F)c2F)CC1. The first-order valence-corrected chi connectivity index (χ1v) is 8.24. The number of halogens is 4. The van der Waals surface area contributed by atoms with Gasteiger partial charge < -0.3 is 9.80 Å². The molecule has 0 unspecified atom stereocenters. The predicted octanol–water partition coefficient (Wildman–Crippen LogP) is 3.36. The van der Waals surface area contributed by atoms with Crippen LogP contribution in [0.5, 0.6) is 0 Å². The minimum atomic E-state index is -1.68. The molecular formula is C18H14ClF3N2O2. The fourth-order valence-corrected chi connectivity index (χ4v) is 2.97. The zero-order valence-corrected chi connectivity index (χ0v) is 14.3. The van der Waals surface area contributed by atoms with Crippen molar-refractivity contribution in [2.45, 2.75) is 0 Å². The summed E-state index contributed by atoms with van der Waals surface area (Å²) in [4.78, 5) is 27.7. The highest BCUT2D eigenvalue weighted by atomic mass is 35.5. The van der Waals surface area contributed by atoms with Gasteiger partial charge in [-0.2, -0.15) is 0 Å². The van der Waals surface area contributed by atoms with E-state index in [-0.39, 0.29) is 32.1 Å². The van der Waals surface area contributed by atoms with Crippen LogP contribution < -0.4 is 0 Å². The summed E-state index contributed by atoms with van der Waals surface area (Å²) < 4.78 is 40.1. The van der Waals surface area contributed by atoms with Crippen LogP contribution in [0.15, 0.2) is 36.4 Å². The molecule has 1 aliphatic heterocycles. The van der Waals surface area contributed by atoms with Crippen LogP contribution in [0.25, 0.3) is 0 Å². The normalized spacial score (nSPS) is 14.5. The quantitative estimate of drug-likeness (QED) is 0.747. The van der Waals surface area contributed by atoms with E-state index < -0.39 is 28.9 Å². The molecule has 0 radical (unpaired) electrons. The molecule has 0 bridgehead atoms. The Balaban J connectivity index is 1.68. The Labute approximate surface area is 152 Å². The lowest BCUT2D eigenvalue weighted by atomic mass is 10.1. The fraction of sp³-hybridized carbons (Fsp3) is 0.222. The third kappa shape index (κ3) is 3.53. The number of piperazine rings is 1. The number of nitrogens with zero attached hydrogens (tertiary/aromatic N) is 2. The van der Waals surface area contributed by atoms with Crippen LogP contribution in [-0.4, -0.2) is 47.8 Å². The second kappa shape index (κ2) is 7.37. The molecule has 3 rings (SSSR count). The second-order valence-corrected chi connectivity index (χ2v) is 6.25. The largest absolute Gasteiger partial charge is 0.335 e. The maximum absolute atomic E-state index is 13.8. The van der Waals surface area contributed by atoms with E-state index in [9.17, 15) is 22.8 Å². The van der Waals surface area contributed by atoms with Crippen LogP contribution in [0.4, 0.5) is 13.2 Å². The van der Waals surface area contributed by atoms with Crippen molar-refractivity contribution < 1.29 is 22.8 Å². The summed E-state index contributed by atoms with van der Waals surface area (Å²) in [7, 11) is 0. The highest BCUT2D eigenvalue weighted by Gasteiger charge is 2.28. The Hall–Kier alpha value is -2.54. The van der Waals surface area contributed by atoms with Gasteiger partial charge in [0.2, 0.25) is 0 Å². The Kier molecular flexibility index (Phi) is 5.18. The van der Waals surface area contributed by atoms with Gasteiger partial charge in [0.15, 0.2) is 17.5 Å². The molecule has 0 atom stereocenters. The van der Waals surface area contributed by atoms with E-state index in [1.165, 1.54) is 4.90 Å². The predicted molar refractivity (Wildman–Crippen MR) is 89.6 cm³/mol. The lowest BCUT2D eigenvalue weighted by Crippen LogP contribution is -2.50. The molecule has 8 heteroatoms. The minimum absolute atomic E-state index is 0.156. The Morgan fingerprint density at radius 2 is 1.46 bits per heavy atom. The first kappa shape index (κ1) is 18.3. The number of carbonyl (C=O) groups is 2. The van der Waals surface area contributed by atoms with Gasteiger partial charge in [0.05, 0.1) is 5.56 Å². The monoisotopic (exact) mass is 382 g/mol. The maximum atomic E-state index is 13.8. The highest BCUT2D eigenvalue weighted by Crippen LogP contribution is 2.19. The molecule has 1 heterocycles. The Morgan fingerprint density at radius 1 is 0.846 bits per heavy atom. The average molecular weight is 383 g/mol. The van der Waals surface area contributed by atoms with Gasteiger partial charge in [-0.15, -0.1) is 0 Å². The number of rotatable bonds is 2. The van der Waals surface area contributed by atoms with Gasteiger partial charge in [0.25, 0.3) is 11.8 Å². The van der Waals surface area contributed by atoms with Crippen molar-refractivity contribution in [3.63, 3.8) is 0 Å².